The Morgan fingerprint density at radius 3 is 2.12 bits per heavy atom. The van der Waals surface area contributed by atoms with Crippen LogP contribution in [0.15, 0.2) is 0 Å². The van der Waals surface area contributed by atoms with Crippen LogP contribution in [0.5, 0.6) is 0 Å². The molecule has 16 heavy (non-hydrogen) atoms. The number of carbonyl (C=O) groups excluding carboxylic acids is 1. The van der Waals surface area contributed by atoms with Gasteiger partial charge in [-0.2, -0.15) is 0 Å². The highest BCUT2D eigenvalue weighted by molar-refractivity contribution is 5.75. The molecule has 0 fully saturated rings. The predicted octanol–water partition coefficient (Wildman–Crippen LogP) is 1.61. The van der Waals surface area contributed by atoms with Gasteiger partial charge in [0.1, 0.15) is 0 Å². The summed E-state index contributed by atoms with van der Waals surface area (Å²) in [4.78, 5) is 12.0. The van der Waals surface area contributed by atoms with Crippen LogP contribution < -0.4 is 5.73 Å². The molecular formula is C12H27N3O. The van der Waals surface area contributed by atoms with Gasteiger partial charge in [0.05, 0.1) is 0 Å². The van der Waals surface area contributed by atoms with Crippen LogP contribution in [0.3, 0.4) is 0 Å². The van der Waals surface area contributed by atoms with Gasteiger partial charge in [-0.05, 0) is 26.7 Å². The van der Waals surface area contributed by atoms with E-state index in [1.807, 2.05) is 5.01 Å². The van der Waals surface area contributed by atoms with Gasteiger partial charge in [0.2, 0.25) is 5.91 Å². The van der Waals surface area contributed by atoms with E-state index in [0.29, 0.717) is 19.0 Å². The third-order valence-corrected chi connectivity index (χ3v) is 2.44. The minimum atomic E-state index is 0.145. The largest absolute Gasteiger partial charge is 0.330 e. The van der Waals surface area contributed by atoms with Crippen molar-refractivity contribution in [3.63, 3.8) is 0 Å². The van der Waals surface area contributed by atoms with Crippen LogP contribution in [0.1, 0.15) is 47.0 Å². The van der Waals surface area contributed by atoms with Crippen LogP contribution in [0.4, 0.5) is 0 Å². The third kappa shape index (κ3) is 4.94. The molecule has 96 valence electrons. The van der Waals surface area contributed by atoms with E-state index < -0.39 is 0 Å². The molecule has 0 saturated carbocycles. The summed E-state index contributed by atoms with van der Waals surface area (Å²) in [6.07, 6.45) is 2.46. The SMILES string of the molecule is CCCN(C(=O)CCN)N(CCC)C(C)C. The van der Waals surface area contributed by atoms with E-state index in [9.17, 15) is 4.79 Å². The lowest BCUT2D eigenvalue weighted by atomic mass is 10.3. The molecule has 0 aromatic carbocycles. The van der Waals surface area contributed by atoms with E-state index in [2.05, 4.69) is 32.7 Å². The highest BCUT2D eigenvalue weighted by atomic mass is 16.2. The van der Waals surface area contributed by atoms with Crippen LogP contribution in [0.25, 0.3) is 0 Å². The van der Waals surface area contributed by atoms with Crippen LogP contribution in [0, 0.1) is 0 Å². The molecule has 0 spiro atoms. The summed E-state index contributed by atoms with van der Waals surface area (Å²) >= 11 is 0. The normalized spacial score (nSPS) is 11.2. The van der Waals surface area contributed by atoms with Gasteiger partial charge < -0.3 is 5.73 Å². The number of nitrogens with zero attached hydrogens (tertiary/aromatic N) is 2. The zero-order valence-corrected chi connectivity index (χ0v) is 11.2. The molecule has 0 atom stereocenters. The zero-order chi connectivity index (χ0) is 12.6. The number of hydrazine groups is 1. The van der Waals surface area contributed by atoms with Crippen molar-refractivity contribution < 1.29 is 4.79 Å². The lowest BCUT2D eigenvalue weighted by molar-refractivity contribution is -0.152. The quantitative estimate of drug-likeness (QED) is 0.643. The van der Waals surface area contributed by atoms with Gasteiger partial charge >= 0.3 is 0 Å². The van der Waals surface area contributed by atoms with E-state index in [4.69, 9.17) is 5.73 Å². The molecule has 0 aliphatic rings. The van der Waals surface area contributed by atoms with Gasteiger partial charge in [-0.1, -0.05) is 13.8 Å². The summed E-state index contributed by atoms with van der Waals surface area (Å²) in [6, 6.07) is 0.355. The molecule has 0 aliphatic carbocycles. The minimum absolute atomic E-state index is 0.145. The van der Waals surface area contributed by atoms with Crippen molar-refractivity contribution in [2.45, 2.75) is 53.0 Å². The maximum absolute atomic E-state index is 12.0. The molecule has 4 heteroatoms. The van der Waals surface area contributed by atoms with Crippen molar-refractivity contribution >= 4 is 5.91 Å². The fraction of sp³-hybridized carbons (Fsp3) is 0.917. The zero-order valence-electron chi connectivity index (χ0n) is 11.2. The molecule has 0 rings (SSSR count). The van der Waals surface area contributed by atoms with Gasteiger partial charge in [0.15, 0.2) is 0 Å². The molecule has 1 amide bonds. The second kappa shape index (κ2) is 8.53. The van der Waals surface area contributed by atoms with Crippen molar-refractivity contribution in [1.29, 1.82) is 0 Å². The van der Waals surface area contributed by atoms with Gasteiger partial charge in [-0.15, -0.1) is 0 Å². The molecule has 0 saturated heterocycles. The Morgan fingerprint density at radius 2 is 1.75 bits per heavy atom. The Morgan fingerprint density at radius 1 is 1.19 bits per heavy atom. The monoisotopic (exact) mass is 229 g/mol. The Kier molecular flexibility index (Phi) is 8.21. The number of nitrogens with two attached hydrogens (primary N) is 1. The van der Waals surface area contributed by atoms with Crippen molar-refractivity contribution in [2.75, 3.05) is 19.6 Å². The van der Waals surface area contributed by atoms with Gasteiger partial charge in [-0.3, -0.25) is 9.80 Å². The van der Waals surface area contributed by atoms with E-state index in [-0.39, 0.29) is 5.91 Å². The highest BCUT2D eigenvalue weighted by Crippen LogP contribution is 2.08. The van der Waals surface area contributed by atoms with Crippen molar-refractivity contribution in [3.05, 3.63) is 0 Å². The number of rotatable bonds is 8. The van der Waals surface area contributed by atoms with Crippen LogP contribution in [-0.4, -0.2) is 41.6 Å². The first-order chi connectivity index (χ1) is 7.58. The highest BCUT2D eigenvalue weighted by Gasteiger charge is 2.21. The van der Waals surface area contributed by atoms with E-state index in [0.717, 1.165) is 25.9 Å². The fourth-order valence-corrected chi connectivity index (χ4v) is 1.75. The van der Waals surface area contributed by atoms with Crippen molar-refractivity contribution in [2.24, 2.45) is 5.73 Å². The van der Waals surface area contributed by atoms with Gasteiger partial charge in [0.25, 0.3) is 0 Å². The minimum Gasteiger partial charge on any atom is -0.330 e. The van der Waals surface area contributed by atoms with E-state index >= 15 is 0 Å². The molecule has 2 N–H and O–H groups in total. The van der Waals surface area contributed by atoms with Crippen LogP contribution >= 0.6 is 0 Å². The average molecular weight is 229 g/mol. The summed E-state index contributed by atoms with van der Waals surface area (Å²) < 4.78 is 0. The topological polar surface area (TPSA) is 49.6 Å². The first-order valence-corrected chi connectivity index (χ1v) is 6.35. The number of hydrogen-bond donors (Lipinski definition) is 1. The number of hydrogen-bond acceptors (Lipinski definition) is 3. The van der Waals surface area contributed by atoms with Gasteiger partial charge in [0, 0.05) is 32.1 Å². The van der Waals surface area contributed by atoms with Crippen molar-refractivity contribution in [1.82, 2.24) is 10.0 Å². The van der Waals surface area contributed by atoms with Gasteiger partial charge in [-0.25, -0.2) is 5.01 Å². The van der Waals surface area contributed by atoms with Crippen LogP contribution in [0.2, 0.25) is 0 Å². The van der Waals surface area contributed by atoms with E-state index in [1.165, 1.54) is 0 Å². The second-order valence-electron chi connectivity index (χ2n) is 4.31. The third-order valence-electron chi connectivity index (χ3n) is 2.44. The molecular weight excluding hydrogens is 202 g/mol. The molecule has 0 aromatic heterocycles. The van der Waals surface area contributed by atoms with E-state index in [1.54, 1.807) is 0 Å². The summed E-state index contributed by atoms with van der Waals surface area (Å²) in [6.45, 7) is 10.6. The van der Waals surface area contributed by atoms with Crippen LogP contribution in [-0.2, 0) is 4.79 Å². The summed E-state index contributed by atoms with van der Waals surface area (Å²) in [5.74, 6) is 0.145. The molecule has 4 nitrogen and oxygen atoms in total. The maximum atomic E-state index is 12.0. The summed E-state index contributed by atoms with van der Waals surface area (Å²) in [7, 11) is 0. The number of carbonyl (C=O) groups is 1. The number of amides is 1. The Hall–Kier alpha value is -0.610. The predicted molar refractivity (Wildman–Crippen MR) is 67.8 cm³/mol. The lowest BCUT2D eigenvalue weighted by Gasteiger charge is -2.37. The fourth-order valence-electron chi connectivity index (χ4n) is 1.75. The molecule has 0 aromatic rings. The standard InChI is InChI=1S/C12H27N3O/c1-5-9-14(11(3)4)15(10-6-2)12(16)7-8-13/h11H,5-10,13H2,1-4H3. The molecule has 0 bridgehead atoms. The summed E-state index contributed by atoms with van der Waals surface area (Å²) in [5, 5.41) is 4.03. The van der Waals surface area contributed by atoms with Crippen molar-refractivity contribution in [3.8, 4) is 0 Å². The molecule has 0 heterocycles. The molecule has 0 aliphatic heterocycles. The molecule has 0 unspecified atom stereocenters. The smallest absolute Gasteiger partial charge is 0.238 e. The Labute approximate surface area is 99.7 Å². The Bertz CT molecular complexity index is 195. The first kappa shape index (κ1) is 15.4. The average Bonchev–Trinajstić information content (AvgIpc) is 2.23. The maximum Gasteiger partial charge on any atom is 0.238 e. The summed E-state index contributed by atoms with van der Waals surface area (Å²) in [5.41, 5.74) is 5.45. The Balaban J connectivity index is 4.61. The lowest BCUT2D eigenvalue weighted by Crippen LogP contribution is -2.51. The second-order valence-corrected chi connectivity index (χ2v) is 4.31. The first-order valence-electron chi connectivity index (χ1n) is 6.35. The molecule has 0 radical (unpaired) electrons.